The number of nitrogens with zero attached hydrogens (tertiary/aromatic N) is 2. The number of carbonyl (C=O) groups excluding carboxylic acids is 2. The van der Waals surface area contributed by atoms with Crippen LogP contribution in [0.4, 0.5) is 5.69 Å². The highest BCUT2D eigenvalue weighted by Crippen LogP contribution is 2.28. The van der Waals surface area contributed by atoms with Crippen LogP contribution in [-0.4, -0.2) is 52.4 Å². The largest absolute Gasteiger partial charge is 0.480 e. The van der Waals surface area contributed by atoms with E-state index in [1.807, 2.05) is 0 Å². The summed E-state index contributed by atoms with van der Waals surface area (Å²) in [7, 11) is 2.84. The van der Waals surface area contributed by atoms with Crippen molar-refractivity contribution >= 4 is 40.5 Å². The first kappa shape index (κ1) is 16.0. The molecule has 0 aliphatic carbocycles. The molecule has 0 unspecified atom stereocenters. The molecule has 1 N–H and O–H groups in total. The zero-order chi connectivity index (χ0) is 16.3. The van der Waals surface area contributed by atoms with Crippen molar-refractivity contribution in [2.24, 2.45) is 4.99 Å². The van der Waals surface area contributed by atoms with Crippen molar-refractivity contribution in [1.29, 1.82) is 0 Å². The van der Waals surface area contributed by atoms with E-state index in [-0.39, 0.29) is 12.3 Å². The third-order valence-corrected chi connectivity index (χ3v) is 4.29. The molecule has 2 rings (SSSR count). The number of aliphatic carboxylic acids is 1. The lowest BCUT2D eigenvalue weighted by Gasteiger charge is -2.27. The fourth-order valence-corrected chi connectivity index (χ4v) is 2.79. The van der Waals surface area contributed by atoms with Gasteiger partial charge in [-0.1, -0.05) is 11.8 Å². The summed E-state index contributed by atoms with van der Waals surface area (Å²) >= 11 is 1.03. The van der Waals surface area contributed by atoms with Crippen molar-refractivity contribution in [2.75, 3.05) is 14.2 Å². The monoisotopic (exact) mass is 322 g/mol. The molecule has 1 fully saturated rings. The van der Waals surface area contributed by atoms with Gasteiger partial charge in [0.15, 0.2) is 5.17 Å². The molecule has 8 heteroatoms. The van der Waals surface area contributed by atoms with E-state index in [9.17, 15) is 14.4 Å². The number of amidine groups is 1. The van der Waals surface area contributed by atoms with E-state index in [0.29, 0.717) is 16.4 Å². The smallest absolute Gasteiger partial charge is 0.337 e. The highest BCUT2D eigenvalue weighted by atomic mass is 32.2. The van der Waals surface area contributed by atoms with Gasteiger partial charge < -0.3 is 9.84 Å². The van der Waals surface area contributed by atoms with E-state index in [4.69, 9.17) is 5.11 Å². The number of methoxy groups -OCH3 is 1. The number of hydrogen-bond acceptors (Lipinski definition) is 6. The average Bonchev–Trinajstić information content (AvgIpc) is 2.51. The molecule has 1 aromatic rings. The van der Waals surface area contributed by atoms with Gasteiger partial charge in [-0.2, -0.15) is 0 Å². The normalized spacial score (nSPS) is 20.1. The van der Waals surface area contributed by atoms with E-state index in [1.165, 1.54) is 12.0 Å². The van der Waals surface area contributed by atoms with Gasteiger partial charge in [-0.15, -0.1) is 0 Å². The summed E-state index contributed by atoms with van der Waals surface area (Å²) in [5.74, 6) is -1.79. The predicted molar refractivity (Wildman–Crippen MR) is 81.3 cm³/mol. The van der Waals surface area contributed by atoms with Crippen LogP contribution in [0.25, 0.3) is 0 Å². The van der Waals surface area contributed by atoms with Gasteiger partial charge in [-0.3, -0.25) is 14.5 Å². The lowest BCUT2D eigenvalue weighted by Crippen LogP contribution is -2.41. The van der Waals surface area contributed by atoms with Gasteiger partial charge in [0, 0.05) is 7.05 Å². The summed E-state index contributed by atoms with van der Waals surface area (Å²) in [5, 5.41) is 8.53. The Morgan fingerprint density at radius 2 is 2.00 bits per heavy atom. The molecule has 1 aliphatic heterocycles. The number of carbonyl (C=O) groups is 3. The Labute approximate surface area is 131 Å². The average molecular weight is 322 g/mol. The SMILES string of the molecule is COC(=O)c1ccc(N=C2S[C@H](C(=O)O)CC(=O)N2C)cc1. The van der Waals surface area contributed by atoms with E-state index in [2.05, 4.69) is 9.73 Å². The number of carboxylic acid groups (broad SMARTS) is 1. The Morgan fingerprint density at radius 3 is 2.55 bits per heavy atom. The van der Waals surface area contributed by atoms with Crippen LogP contribution in [0.5, 0.6) is 0 Å². The van der Waals surface area contributed by atoms with Crippen molar-refractivity contribution in [3.05, 3.63) is 29.8 Å². The first-order valence-corrected chi connectivity index (χ1v) is 7.23. The van der Waals surface area contributed by atoms with Gasteiger partial charge in [0.25, 0.3) is 0 Å². The number of esters is 1. The zero-order valence-corrected chi connectivity index (χ0v) is 12.8. The minimum Gasteiger partial charge on any atom is -0.480 e. The molecular weight excluding hydrogens is 308 g/mol. The summed E-state index contributed by atoms with van der Waals surface area (Å²) in [4.78, 5) is 39.8. The second kappa shape index (κ2) is 6.61. The molecule has 0 spiro atoms. The number of benzene rings is 1. The Balaban J connectivity index is 2.24. The van der Waals surface area contributed by atoms with Crippen molar-refractivity contribution < 1.29 is 24.2 Å². The van der Waals surface area contributed by atoms with E-state index < -0.39 is 17.2 Å². The van der Waals surface area contributed by atoms with E-state index in [0.717, 1.165) is 11.8 Å². The van der Waals surface area contributed by atoms with E-state index >= 15 is 0 Å². The minimum absolute atomic E-state index is 0.0587. The minimum atomic E-state index is -1.04. The lowest BCUT2D eigenvalue weighted by atomic mass is 10.2. The molecule has 1 atom stereocenters. The summed E-state index contributed by atoms with van der Waals surface area (Å²) in [6, 6.07) is 6.30. The lowest BCUT2D eigenvalue weighted by molar-refractivity contribution is -0.139. The van der Waals surface area contributed by atoms with Crippen LogP contribution in [0.1, 0.15) is 16.8 Å². The summed E-state index contributed by atoms with van der Waals surface area (Å²) in [6.45, 7) is 0. The van der Waals surface area contributed by atoms with Crippen LogP contribution < -0.4 is 0 Å². The van der Waals surface area contributed by atoms with Crippen molar-refractivity contribution in [1.82, 2.24) is 4.90 Å². The van der Waals surface area contributed by atoms with E-state index in [1.54, 1.807) is 31.3 Å². The molecule has 22 heavy (non-hydrogen) atoms. The van der Waals surface area contributed by atoms with Crippen molar-refractivity contribution in [3.63, 3.8) is 0 Å². The molecule has 116 valence electrons. The van der Waals surface area contributed by atoms with Crippen LogP contribution in [0.3, 0.4) is 0 Å². The van der Waals surface area contributed by atoms with Gasteiger partial charge in [-0.05, 0) is 24.3 Å². The molecule has 1 saturated heterocycles. The Kier molecular flexibility index (Phi) is 4.81. The summed E-state index contributed by atoms with van der Waals surface area (Å²) < 4.78 is 4.60. The molecule has 0 saturated carbocycles. The third kappa shape index (κ3) is 3.45. The molecule has 1 heterocycles. The number of rotatable bonds is 3. The number of ether oxygens (including phenoxy) is 1. The van der Waals surface area contributed by atoms with Crippen LogP contribution in [-0.2, 0) is 14.3 Å². The molecule has 0 radical (unpaired) electrons. The highest BCUT2D eigenvalue weighted by molar-refractivity contribution is 8.15. The van der Waals surface area contributed by atoms with Crippen molar-refractivity contribution in [3.8, 4) is 0 Å². The topological polar surface area (TPSA) is 96.3 Å². The number of aliphatic imine (C=N–C) groups is 1. The summed E-state index contributed by atoms with van der Waals surface area (Å²) in [6.07, 6.45) is -0.0587. The van der Waals surface area contributed by atoms with Gasteiger partial charge in [0.1, 0.15) is 5.25 Å². The van der Waals surface area contributed by atoms with Crippen LogP contribution in [0.15, 0.2) is 29.3 Å². The van der Waals surface area contributed by atoms with Crippen LogP contribution in [0.2, 0.25) is 0 Å². The second-order valence-electron chi connectivity index (χ2n) is 4.53. The summed E-state index contributed by atoms with van der Waals surface area (Å²) in [5.41, 5.74) is 0.899. The zero-order valence-electron chi connectivity index (χ0n) is 12.0. The van der Waals surface area contributed by atoms with Gasteiger partial charge in [0.05, 0.1) is 24.8 Å². The first-order chi connectivity index (χ1) is 10.4. The molecule has 0 bridgehead atoms. The molecule has 7 nitrogen and oxygen atoms in total. The molecule has 1 aliphatic rings. The molecule has 0 aromatic heterocycles. The number of carboxylic acids is 1. The standard InChI is InChI=1S/C14H14N2O5S/c1-16-11(17)7-10(12(18)19)22-14(16)15-9-5-3-8(4-6-9)13(20)21-2/h3-6,10H,7H2,1-2H3,(H,18,19)/t10-/m0/s1. The fraction of sp³-hybridized carbons (Fsp3) is 0.286. The number of thioether (sulfide) groups is 1. The Bertz CT molecular complexity index is 641. The first-order valence-electron chi connectivity index (χ1n) is 6.35. The molecule has 1 aromatic carbocycles. The third-order valence-electron chi connectivity index (χ3n) is 3.06. The van der Waals surface area contributed by atoms with Crippen molar-refractivity contribution in [2.45, 2.75) is 11.7 Å². The van der Waals surface area contributed by atoms with Gasteiger partial charge >= 0.3 is 11.9 Å². The maximum atomic E-state index is 11.8. The predicted octanol–water partition coefficient (Wildman–Crippen LogP) is 1.51. The van der Waals surface area contributed by atoms with Gasteiger partial charge in [0.2, 0.25) is 5.91 Å². The molecular formula is C14H14N2O5S. The van der Waals surface area contributed by atoms with Gasteiger partial charge in [-0.25, -0.2) is 9.79 Å². The number of amides is 1. The highest BCUT2D eigenvalue weighted by Gasteiger charge is 2.33. The van der Waals surface area contributed by atoms with Crippen LogP contribution >= 0.6 is 11.8 Å². The maximum Gasteiger partial charge on any atom is 0.337 e. The maximum absolute atomic E-state index is 11.8. The quantitative estimate of drug-likeness (QED) is 0.847. The molecule has 1 amide bonds. The number of hydrogen-bond donors (Lipinski definition) is 1. The fourth-order valence-electron chi connectivity index (χ4n) is 1.79. The Morgan fingerprint density at radius 1 is 1.36 bits per heavy atom. The Hall–Kier alpha value is -2.35. The second-order valence-corrected chi connectivity index (χ2v) is 5.70. The van der Waals surface area contributed by atoms with Crippen LogP contribution in [0, 0.1) is 0 Å².